The summed E-state index contributed by atoms with van der Waals surface area (Å²) in [6.45, 7) is 5.99. The van der Waals surface area contributed by atoms with Crippen molar-refractivity contribution in [3.8, 4) is 0 Å². The first-order valence-electron chi connectivity index (χ1n) is 6.40. The van der Waals surface area contributed by atoms with Gasteiger partial charge in [0.2, 0.25) is 0 Å². The Morgan fingerprint density at radius 2 is 2.39 bits per heavy atom. The smallest absolute Gasteiger partial charge is 0.183 e. The van der Waals surface area contributed by atoms with Crippen molar-refractivity contribution >= 4 is 26.7 Å². The van der Waals surface area contributed by atoms with E-state index in [1.165, 1.54) is 10.3 Å². The van der Waals surface area contributed by atoms with Crippen LogP contribution < -0.4 is 5.32 Å². The predicted molar refractivity (Wildman–Crippen MR) is 76.4 cm³/mol. The topological polar surface area (TPSA) is 34.1 Å². The first kappa shape index (κ1) is 11.9. The third-order valence-electron chi connectivity index (χ3n) is 3.46. The molecule has 1 aromatic heterocycles. The molecule has 1 aliphatic heterocycles. The van der Waals surface area contributed by atoms with Crippen LogP contribution >= 0.6 is 11.3 Å². The fraction of sp³-hybridized carbons (Fsp3) is 0.500. The lowest BCUT2D eigenvalue weighted by Gasteiger charge is -2.22. The van der Waals surface area contributed by atoms with Crippen LogP contribution in [0.5, 0.6) is 0 Å². The van der Waals surface area contributed by atoms with Gasteiger partial charge in [-0.1, -0.05) is 17.4 Å². The first-order chi connectivity index (χ1) is 8.65. The Labute approximate surface area is 111 Å². The number of rotatable bonds is 3. The second kappa shape index (κ2) is 4.52. The number of nitrogens with one attached hydrogen (secondary N) is 1. The SMILES string of the molecule is Cc1ccc2sc(NCC3(C)CCCO3)nc2c1. The molecular formula is C14H18N2OS. The van der Waals surface area contributed by atoms with E-state index in [0.29, 0.717) is 0 Å². The van der Waals surface area contributed by atoms with Gasteiger partial charge in [0.15, 0.2) is 5.13 Å². The summed E-state index contributed by atoms with van der Waals surface area (Å²) in [5.74, 6) is 0. The second-order valence-electron chi connectivity index (χ2n) is 5.25. The maximum absolute atomic E-state index is 5.77. The van der Waals surface area contributed by atoms with Gasteiger partial charge in [0, 0.05) is 13.2 Å². The molecule has 0 amide bonds. The number of nitrogens with zero attached hydrogens (tertiary/aromatic N) is 1. The van der Waals surface area contributed by atoms with Crippen LogP contribution in [-0.4, -0.2) is 23.7 Å². The largest absolute Gasteiger partial charge is 0.373 e. The molecule has 0 spiro atoms. The highest BCUT2D eigenvalue weighted by molar-refractivity contribution is 7.22. The molecule has 3 rings (SSSR count). The van der Waals surface area contributed by atoms with Gasteiger partial charge in [0.1, 0.15) is 0 Å². The molecule has 2 aromatic rings. The summed E-state index contributed by atoms with van der Waals surface area (Å²) in [6, 6.07) is 6.40. The van der Waals surface area contributed by atoms with Crippen LogP contribution in [0.15, 0.2) is 18.2 Å². The number of fused-ring (bicyclic) bond motifs is 1. The van der Waals surface area contributed by atoms with Crippen LogP contribution in [0.1, 0.15) is 25.3 Å². The molecule has 0 aliphatic carbocycles. The lowest BCUT2D eigenvalue weighted by molar-refractivity contribution is 0.0315. The molecule has 1 aliphatic rings. The van der Waals surface area contributed by atoms with Crippen LogP contribution in [0.4, 0.5) is 5.13 Å². The van der Waals surface area contributed by atoms with Crippen molar-refractivity contribution in [3.63, 3.8) is 0 Å². The molecule has 1 atom stereocenters. The van der Waals surface area contributed by atoms with E-state index in [0.717, 1.165) is 36.6 Å². The molecule has 1 N–H and O–H groups in total. The van der Waals surface area contributed by atoms with E-state index >= 15 is 0 Å². The van der Waals surface area contributed by atoms with Crippen molar-refractivity contribution in [3.05, 3.63) is 23.8 Å². The molecule has 1 saturated heterocycles. The van der Waals surface area contributed by atoms with Crippen molar-refractivity contribution in [1.29, 1.82) is 0 Å². The van der Waals surface area contributed by atoms with Gasteiger partial charge in [0.05, 0.1) is 15.8 Å². The standard InChI is InChI=1S/C14H18N2OS/c1-10-4-5-12-11(8-10)16-13(18-12)15-9-14(2)6-3-7-17-14/h4-5,8H,3,6-7,9H2,1-2H3,(H,15,16). The fourth-order valence-electron chi connectivity index (χ4n) is 2.35. The normalized spacial score (nSPS) is 23.7. The number of thiazole rings is 1. The zero-order chi connectivity index (χ0) is 12.6. The van der Waals surface area contributed by atoms with Gasteiger partial charge in [-0.25, -0.2) is 4.98 Å². The van der Waals surface area contributed by atoms with Crippen LogP contribution in [0.2, 0.25) is 0 Å². The summed E-state index contributed by atoms with van der Waals surface area (Å²) in [5, 5.41) is 4.41. The van der Waals surface area contributed by atoms with Crippen molar-refractivity contribution in [2.45, 2.75) is 32.3 Å². The van der Waals surface area contributed by atoms with E-state index in [2.05, 4.69) is 42.3 Å². The molecule has 4 heteroatoms. The van der Waals surface area contributed by atoms with Gasteiger partial charge in [0.25, 0.3) is 0 Å². The van der Waals surface area contributed by atoms with Crippen molar-refractivity contribution < 1.29 is 4.74 Å². The van der Waals surface area contributed by atoms with Crippen LogP contribution in [0, 0.1) is 6.92 Å². The summed E-state index contributed by atoms with van der Waals surface area (Å²) >= 11 is 1.71. The second-order valence-corrected chi connectivity index (χ2v) is 6.28. The van der Waals surface area contributed by atoms with Gasteiger partial charge in [-0.2, -0.15) is 0 Å². The number of hydrogen-bond donors (Lipinski definition) is 1. The number of benzene rings is 1. The lowest BCUT2D eigenvalue weighted by atomic mass is 10.0. The van der Waals surface area contributed by atoms with E-state index in [4.69, 9.17) is 4.74 Å². The summed E-state index contributed by atoms with van der Waals surface area (Å²) in [5.41, 5.74) is 2.32. The van der Waals surface area contributed by atoms with E-state index in [1.807, 2.05) is 0 Å². The molecule has 18 heavy (non-hydrogen) atoms. The van der Waals surface area contributed by atoms with Gasteiger partial charge < -0.3 is 10.1 Å². The van der Waals surface area contributed by atoms with Gasteiger partial charge in [-0.15, -0.1) is 0 Å². The lowest BCUT2D eigenvalue weighted by Crippen LogP contribution is -2.32. The third-order valence-corrected chi connectivity index (χ3v) is 4.45. The van der Waals surface area contributed by atoms with Crippen LogP contribution in [0.3, 0.4) is 0 Å². The molecule has 0 saturated carbocycles. The third kappa shape index (κ3) is 2.35. The minimum absolute atomic E-state index is 0.0201. The molecule has 1 aromatic carbocycles. The minimum Gasteiger partial charge on any atom is -0.373 e. The fourth-order valence-corrected chi connectivity index (χ4v) is 3.19. The molecular weight excluding hydrogens is 244 g/mol. The Hall–Kier alpha value is -1.13. The number of hydrogen-bond acceptors (Lipinski definition) is 4. The van der Waals surface area contributed by atoms with Crippen molar-refractivity contribution in [2.75, 3.05) is 18.5 Å². The summed E-state index contributed by atoms with van der Waals surface area (Å²) in [4.78, 5) is 4.62. The summed E-state index contributed by atoms with van der Waals surface area (Å²) < 4.78 is 7.01. The Morgan fingerprint density at radius 1 is 1.50 bits per heavy atom. The van der Waals surface area contributed by atoms with Crippen molar-refractivity contribution in [1.82, 2.24) is 4.98 Å². The van der Waals surface area contributed by atoms with E-state index < -0.39 is 0 Å². The van der Waals surface area contributed by atoms with Gasteiger partial charge in [-0.3, -0.25) is 0 Å². The highest BCUT2D eigenvalue weighted by atomic mass is 32.1. The summed E-state index contributed by atoms with van der Waals surface area (Å²) in [6.07, 6.45) is 2.29. The molecule has 0 bridgehead atoms. The number of anilines is 1. The van der Waals surface area contributed by atoms with Crippen LogP contribution in [0.25, 0.3) is 10.2 Å². The molecule has 1 unspecified atom stereocenters. The van der Waals surface area contributed by atoms with E-state index in [9.17, 15) is 0 Å². The summed E-state index contributed by atoms with van der Waals surface area (Å²) in [7, 11) is 0. The number of aryl methyl sites for hydroxylation is 1. The maximum atomic E-state index is 5.77. The Kier molecular flexibility index (Phi) is 2.99. The highest BCUT2D eigenvalue weighted by Crippen LogP contribution is 2.29. The predicted octanol–water partition coefficient (Wildman–Crippen LogP) is 3.59. The Morgan fingerprint density at radius 3 is 3.17 bits per heavy atom. The molecule has 1 fully saturated rings. The number of ether oxygens (including phenoxy) is 1. The first-order valence-corrected chi connectivity index (χ1v) is 7.21. The molecule has 2 heterocycles. The molecule has 96 valence electrons. The molecule has 0 radical (unpaired) electrons. The quantitative estimate of drug-likeness (QED) is 0.918. The monoisotopic (exact) mass is 262 g/mol. The van der Waals surface area contributed by atoms with Crippen molar-refractivity contribution in [2.24, 2.45) is 0 Å². The zero-order valence-corrected chi connectivity index (χ0v) is 11.6. The minimum atomic E-state index is -0.0201. The Balaban J connectivity index is 1.74. The number of aromatic nitrogens is 1. The van der Waals surface area contributed by atoms with E-state index in [1.54, 1.807) is 11.3 Å². The maximum Gasteiger partial charge on any atom is 0.183 e. The van der Waals surface area contributed by atoms with E-state index in [-0.39, 0.29) is 5.60 Å². The van der Waals surface area contributed by atoms with Crippen LogP contribution in [-0.2, 0) is 4.74 Å². The zero-order valence-electron chi connectivity index (χ0n) is 10.8. The Bertz CT molecular complexity index is 558. The van der Waals surface area contributed by atoms with Gasteiger partial charge >= 0.3 is 0 Å². The average Bonchev–Trinajstić information content (AvgIpc) is 2.93. The highest BCUT2D eigenvalue weighted by Gasteiger charge is 2.29. The van der Waals surface area contributed by atoms with Gasteiger partial charge in [-0.05, 0) is 44.4 Å². The average molecular weight is 262 g/mol. The molecule has 3 nitrogen and oxygen atoms in total.